The molecule has 3 heterocycles. The van der Waals surface area contributed by atoms with E-state index in [9.17, 15) is 18.7 Å². The molecule has 2 aliphatic heterocycles. The van der Waals surface area contributed by atoms with Crippen LogP contribution in [-0.4, -0.2) is 82.3 Å². The highest BCUT2D eigenvalue weighted by atomic mass is 32.1. The Labute approximate surface area is 230 Å². The van der Waals surface area contributed by atoms with Crippen molar-refractivity contribution in [1.82, 2.24) is 25.1 Å². The lowest BCUT2D eigenvalue weighted by molar-refractivity contribution is -0.195. The van der Waals surface area contributed by atoms with Gasteiger partial charge in [-0.2, -0.15) is 5.01 Å². The summed E-state index contributed by atoms with van der Waals surface area (Å²) in [4.78, 5) is 15.9. The van der Waals surface area contributed by atoms with E-state index in [0.717, 1.165) is 18.9 Å². The molecule has 210 valence electrons. The van der Waals surface area contributed by atoms with Crippen LogP contribution in [0.15, 0.2) is 35.9 Å². The highest BCUT2D eigenvalue weighted by Gasteiger charge is 2.58. The number of methoxy groups -OCH3 is 1. The summed E-state index contributed by atoms with van der Waals surface area (Å²) in [6.07, 6.45) is 3.67. The number of hydrazine groups is 1. The maximum Gasteiger partial charge on any atom is 0.277 e. The predicted molar refractivity (Wildman–Crippen MR) is 141 cm³/mol. The summed E-state index contributed by atoms with van der Waals surface area (Å²) in [6.45, 7) is 5.10. The molecule has 3 aliphatic rings. The van der Waals surface area contributed by atoms with Gasteiger partial charge in [-0.05, 0) is 36.3 Å². The molecule has 1 spiro atoms. The van der Waals surface area contributed by atoms with Crippen molar-refractivity contribution in [3.05, 3.63) is 63.1 Å². The van der Waals surface area contributed by atoms with E-state index < -0.39 is 17.3 Å². The molecule has 2 aromatic rings. The molecule has 3 atom stereocenters. The molecule has 2 fully saturated rings. The molecule has 1 amide bonds. The van der Waals surface area contributed by atoms with Gasteiger partial charge in [0, 0.05) is 45.0 Å². The highest BCUT2D eigenvalue weighted by Crippen LogP contribution is 2.50. The Morgan fingerprint density at radius 3 is 2.74 bits per heavy atom. The highest BCUT2D eigenvalue weighted by molar-refractivity contribution is 7.12. The van der Waals surface area contributed by atoms with E-state index in [4.69, 9.17) is 9.47 Å². The van der Waals surface area contributed by atoms with Crippen molar-refractivity contribution in [2.24, 2.45) is 11.8 Å². The molecule has 1 saturated heterocycles. The molecule has 1 N–H and O–H groups in total. The number of amides is 1. The van der Waals surface area contributed by atoms with Crippen molar-refractivity contribution in [2.75, 3.05) is 40.5 Å². The van der Waals surface area contributed by atoms with Gasteiger partial charge in [0.05, 0.1) is 13.2 Å². The Kier molecular flexibility index (Phi) is 7.73. The quantitative estimate of drug-likeness (QED) is 0.567. The number of aliphatic hydroxyl groups is 1. The first-order chi connectivity index (χ1) is 18.7. The number of nitrogens with zero attached hydrogens (tertiary/aromatic N) is 5. The molecule has 1 aromatic carbocycles. The number of hydrogen-bond donors (Lipinski definition) is 1. The minimum absolute atomic E-state index is 0.126. The summed E-state index contributed by atoms with van der Waals surface area (Å²) >= 11 is 1.28. The van der Waals surface area contributed by atoms with Gasteiger partial charge in [-0.15, -0.1) is 10.2 Å². The third-order valence-corrected chi connectivity index (χ3v) is 9.24. The molecule has 0 bridgehead atoms. The Morgan fingerprint density at radius 2 is 2.05 bits per heavy atom. The molecule has 39 heavy (non-hydrogen) atoms. The summed E-state index contributed by atoms with van der Waals surface area (Å²) < 4.78 is 38.6. The molecule has 1 aromatic heterocycles. The first kappa shape index (κ1) is 27.6. The second-order valence-electron chi connectivity index (χ2n) is 10.4. The van der Waals surface area contributed by atoms with E-state index >= 15 is 0 Å². The van der Waals surface area contributed by atoms with Crippen LogP contribution in [0, 0.1) is 23.5 Å². The van der Waals surface area contributed by atoms with E-state index in [0.29, 0.717) is 40.2 Å². The number of carbonyl (C=O) groups is 1. The second-order valence-corrected chi connectivity index (χ2v) is 11.4. The summed E-state index contributed by atoms with van der Waals surface area (Å²) in [5.74, 6) is -1.16. The van der Waals surface area contributed by atoms with Crippen LogP contribution < -0.4 is 0 Å². The Hall–Kier alpha value is -2.93. The standard InChI is InChI=1S/C27H33F2N5O4S/c1-16-7-8-27(17(16)2)32(3)34-13-19(14-38-15-22(35)24(34)26(36)33(27)9-10-37-4)25-31-30-23(39-25)11-18-5-6-20(28)12-21(18)29/h5-6,12-13,16-17,35H,7-11,14-15H2,1-4H3/b19-13+,24-22+/t16-,17-,27?/m1/s1. The zero-order valence-corrected chi connectivity index (χ0v) is 23.3. The van der Waals surface area contributed by atoms with Crippen LogP contribution in [0.4, 0.5) is 8.78 Å². The second kappa shape index (κ2) is 10.9. The van der Waals surface area contributed by atoms with Gasteiger partial charge in [-0.25, -0.2) is 8.78 Å². The maximum absolute atomic E-state index is 14.2. The Balaban J connectivity index is 1.52. The number of ether oxygens (including phenoxy) is 2. The van der Waals surface area contributed by atoms with Crippen molar-refractivity contribution in [3.8, 4) is 0 Å². The van der Waals surface area contributed by atoms with Crippen molar-refractivity contribution >= 4 is 22.8 Å². The van der Waals surface area contributed by atoms with Crippen molar-refractivity contribution < 1.29 is 28.2 Å². The van der Waals surface area contributed by atoms with Gasteiger partial charge in [0.1, 0.15) is 39.7 Å². The SMILES string of the molecule is COCCN1C(=O)/C2=C(\O)COC/C(c3nnc(Cc4ccc(F)cc4F)s3)=C\N2N(C)C12CC[C@@H](C)[C@H]2C. The summed E-state index contributed by atoms with van der Waals surface area (Å²) in [7, 11) is 3.54. The summed E-state index contributed by atoms with van der Waals surface area (Å²) in [5, 5.41) is 24.4. The van der Waals surface area contributed by atoms with Gasteiger partial charge < -0.3 is 19.5 Å². The Bertz CT molecular complexity index is 1320. The van der Waals surface area contributed by atoms with E-state index in [1.54, 1.807) is 18.3 Å². The topological polar surface area (TPSA) is 91.3 Å². The molecule has 0 radical (unpaired) electrons. The average Bonchev–Trinajstić information content (AvgIpc) is 3.47. The maximum atomic E-state index is 14.2. The molecule has 1 unspecified atom stereocenters. The van der Waals surface area contributed by atoms with Gasteiger partial charge in [0.2, 0.25) is 0 Å². The van der Waals surface area contributed by atoms with E-state index in [-0.39, 0.29) is 42.9 Å². The molecular formula is C27H33F2N5O4S. The molecule has 5 rings (SSSR count). The molecule has 9 nitrogen and oxygen atoms in total. The lowest BCUT2D eigenvalue weighted by Gasteiger charge is -2.58. The number of rotatable bonds is 6. The largest absolute Gasteiger partial charge is 0.507 e. The van der Waals surface area contributed by atoms with E-state index in [1.807, 2.05) is 17.0 Å². The third-order valence-electron chi connectivity index (χ3n) is 8.24. The normalized spacial score (nSPS) is 29.4. The van der Waals surface area contributed by atoms with Crippen LogP contribution in [0.5, 0.6) is 0 Å². The van der Waals surface area contributed by atoms with Crippen LogP contribution in [0.3, 0.4) is 0 Å². The minimum atomic E-state index is -0.637. The van der Waals surface area contributed by atoms with Crippen molar-refractivity contribution in [2.45, 2.75) is 38.8 Å². The zero-order valence-electron chi connectivity index (χ0n) is 22.5. The smallest absolute Gasteiger partial charge is 0.277 e. The van der Waals surface area contributed by atoms with Crippen molar-refractivity contribution in [3.63, 3.8) is 0 Å². The average molecular weight is 562 g/mol. The van der Waals surface area contributed by atoms with E-state index in [1.165, 1.54) is 23.5 Å². The van der Waals surface area contributed by atoms with Gasteiger partial charge in [0.25, 0.3) is 5.91 Å². The molecule has 1 saturated carbocycles. The predicted octanol–water partition coefficient (Wildman–Crippen LogP) is 3.95. The monoisotopic (exact) mass is 561 g/mol. The minimum Gasteiger partial charge on any atom is -0.507 e. The lowest BCUT2D eigenvalue weighted by atomic mass is 9.88. The lowest BCUT2D eigenvalue weighted by Crippen LogP contribution is -2.72. The van der Waals surface area contributed by atoms with Gasteiger partial charge in [-0.1, -0.05) is 31.3 Å². The van der Waals surface area contributed by atoms with Crippen molar-refractivity contribution in [1.29, 1.82) is 0 Å². The molecular weight excluding hydrogens is 528 g/mol. The fourth-order valence-electron chi connectivity index (χ4n) is 5.92. The number of aliphatic hydroxyl groups excluding tert-OH is 1. The summed E-state index contributed by atoms with van der Waals surface area (Å²) in [5.41, 5.74) is 0.511. The fraction of sp³-hybridized carbons (Fsp3) is 0.519. The van der Waals surface area contributed by atoms with E-state index in [2.05, 4.69) is 24.0 Å². The number of aromatic nitrogens is 2. The number of fused-ring (bicyclic) bond motifs is 1. The fourth-order valence-corrected chi connectivity index (χ4v) is 6.78. The van der Waals surface area contributed by atoms with Crippen LogP contribution in [0.2, 0.25) is 0 Å². The van der Waals surface area contributed by atoms with Crippen LogP contribution in [-0.2, 0) is 20.7 Å². The number of benzene rings is 1. The number of halogens is 2. The Morgan fingerprint density at radius 1 is 1.26 bits per heavy atom. The van der Waals surface area contributed by atoms with Crippen LogP contribution in [0.1, 0.15) is 42.3 Å². The summed E-state index contributed by atoms with van der Waals surface area (Å²) in [6, 6.07) is 3.46. The van der Waals surface area contributed by atoms with Gasteiger partial charge in [0.15, 0.2) is 5.70 Å². The zero-order chi connectivity index (χ0) is 27.9. The molecule has 12 heteroatoms. The first-order valence-corrected chi connectivity index (χ1v) is 13.8. The van der Waals surface area contributed by atoms with Gasteiger partial charge >= 0.3 is 0 Å². The third kappa shape index (κ3) is 4.83. The first-order valence-electron chi connectivity index (χ1n) is 13.0. The van der Waals surface area contributed by atoms with Crippen LogP contribution in [0.25, 0.3) is 5.57 Å². The van der Waals surface area contributed by atoms with Crippen LogP contribution >= 0.6 is 11.3 Å². The molecule has 1 aliphatic carbocycles. The number of hydrogen-bond acceptors (Lipinski definition) is 9. The van der Waals surface area contributed by atoms with Gasteiger partial charge in [-0.3, -0.25) is 9.80 Å². The number of carbonyl (C=O) groups excluding carboxylic acids is 1.